The Hall–Kier alpha value is -1.56. The Morgan fingerprint density at radius 3 is 2.78 bits per heavy atom. The lowest BCUT2D eigenvalue weighted by Crippen LogP contribution is -2.25. The molecule has 0 fully saturated rings. The lowest BCUT2D eigenvalue weighted by Gasteiger charge is -2.05. The number of nitrogens with one attached hydrogen (secondary N) is 1. The Bertz CT molecular complexity index is 468. The van der Waals surface area contributed by atoms with Crippen LogP contribution in [0.4, 0.5) is 14.5 Å². The second-order valence-electron chi connectivity index (χ2n) is 3.67. The smallest absolute Gasteiger partial charge is 0.395 e. The van der Waals surface area contributed by atoms with Gasteiger partial charge < -0.3 is 14.8 Å². The van der Waals surface area contributed by atoms with Gasteiger partial charge in [-0.1, -0.05) is 0 Å². The standard InChI is InChI=1S/C11H10ClF2NO3/c12-5-1-2-10(16)15-7-3-4-8-9(6-7)18-11(13,14)17-8/h3-4,6H,1-2,5H2,(H,15,16). The highest BCUT2D eigenvalue weighted by Crippen LogP contribution is 2.42. The van der Waals surface area contributed by atoms with Gasteiger partial charge in [-0.15, -0.1) is 20.4 Å². The summed E-state index contributed by atoms with van der Waals surface area (Å²) in [6.07, 6.45) is -2.83. The van der Waals surface area contributed by atoms with Crippen LogP contribution in [-0.4, -0.2) is 18.1 Å². The lowest BCUT2D eigenvalue weighted by molar-refractivity contribution is -0.286. The third kappa shape index (κ3) is 3.01. The van der Waals surface area contributed by atoms with Crippen molar-refractivity contribution in [2.24, 2.45) is 0 Å². The Labute approximate surface area is 107 Å². The molecule has 0 bridgehead atoms. The number of hydrogen-bond acceptors (Lipinski definition) is 3. The molecule has 1 aromatic carbocycles. The van der Waals surface area contributed by atoms with Crippen molar-refractivity contribution in [1.29, 1.82) is 0 Å². The fraction of sp³-hybridized carbons (Fsp3) is 0.364. The van der Waals surface area contributed by atoms with E-state index >= 15 is 0 Å². The topological polar surface area (TPSA) is 47.6 Å². The van der Waals surface area contributed by atoms with Crippen LogP contribution >= 0.6 is 11.6 Å². The van der Waals surface area contributed by atoms with E-state index < -0.39 is 6.29 Å². The van der Waals surface area contributed by atoms with E-state index in [-0.39, 0.29) is 23.8 Å². The SMILES string of the molecule is O=C(CCCCl)Nc1ccc2c(c1)OC(F)(F)O2. The van der Waals surface area contributed by atoms with E-state index in [1.54, 1.807) is 0 Å². The van der Waals surface area contributed by atoms with Gasteiger partial charge in [0.1, 0.15) is 0 Å². The monoisotopic (exact) mass is 277 g/mol. The van der Waals surface area contributed by atoms with Gasteiger partial charge in [-0.2, -0.15) is 0 Å². The normalized spacial score (nSPS) is 15.5. The first-order valence-corrected chi connectivity index (χ1v) is 5.79. The summed E-state index contributed by atoms with van der Waals surface area (Å²) in [5.41, 5.74) is 0.370. The number of carbonyl (C=O) groups excluding carboxylic acids is 1. The molecule has 1 N–H and O–H groups in total. The van der Waals surface area contributed by atoms with Crippen molar-refractivity contribution in [3.05, 3.63) is 18.2 Å². The number of amides is 1. The summed E-state index contributed by atoms with van der Waals surface area (Å²) in [6, 6.07) is 4.06. The Morgan fingerprint density at radius 2 is 2.06 bits per heavy atom. The maximum Gasteiger partial charge on any atom is 0.586 e. The molecule has 1 aliphatic heterocycles. The number of alkyl halides is 3. The Kier molecular flexibility index (Phi) is 3.56. The van der Waals surface area contributed by atoms with Crippen LogP contribution in [-0.2, 0) is 4.79 Å². The summed E-state index contributed by atoms with van der Waals surface area (Å²) in [4.78, 5) is 11.4. The van der Waals surface area contributed by atoms with Crippen LogP contribution < -0.4 is 14.8 Å². The molecule has 1 aliphatic rings. The van der Waals surface area contributed by atoms with Crippen molar-refractivity contribution in [3.8, 4) is 11.5 Å². The van der Waals surface area contributed by atoms with Gasteiger partial charge in [0.05, 0.1) is 0 Å². The van der Waals surface area contributed by atoms with Gasteiger partial charge in [-0.3, -0.25) is 4.79 Å². The number of benzene rings is 1. The largest absolute Gasteiger partial charge is 0.586 e. The summed E-state index contributed by atoms with van der Waals surface area (Å²) >= 11 is 5.46. The van der Waals surface area contributed by atoms with E-state index in [0.717, 1.165) is 0 Å². The molecular formula is C11H10ClF2NO3. The highest BCUT2D eigenvalue weighted by atomic mass is 35.5. The van der Waals surface area contributed by atoms with Gasteiger partial charge in [-0.05, 0) is 18.6 Å². The Balaban J connectivity index is 2.03. The second kappa shape index (κ2) is 4.97. The van der Waals surface area contributed by atoms with Gasteiger partial charge >= 0.3 is 6.29 Å². The van der Waals surface area contributed by atoms with Crippen LogP contribution in [0.3, 0.4) is 0 Å². The molecule has 4 nitrogen and oxygen atoms in total. The average molecular weight is 278 g/mol. The summed E-state index contributed by atoms with van der Waals surface area (Å²) in [6.45, 7) is 0. The molecule has 0 radical (unpaired) electrons. The highest BCUT2D eigenvalue weighted by molar-refractivity contribution is 6.18. The highest BCUT2D eigenvalue weighted by Gasteiger charge is 2.43. The van der Waals surface area contributed by atoms with E-state index in [4.69, 9.17) is 11.6 Å². The third-order valence-corrected chi connectivity index (χ3v) is 2.49. The zero-order chi connectivity index (χ0) is 13.2. The zero-order valence-corrected chi connectivity index (χ0v) is 9.97. The van der Waals surface area contributed by atoms with E-state index in [1.165, 1.54) is 18.2 Å². The molecule has 0 unspecified atom stereocenters. The number of ether oxygens (including phenoxy) is 2. The molecular weight excluding hydrogens is 268 g/mol. The van der Waals surface area contributed by atoms with Crippen molar-refractivity contribution < 1.29 is 23.0 Å². The van der Waals surface area contributed by atoms with Crippen LogP contribution in [0.1, 0.15) is 12.8 Å². The molecule has 0 saturated heterocycles. The third-order valence-electron chi connectivity index (χ3n) is 2.22. The molecule has 2 rings (SSSR count). The van der Waals surface area contributed by atoms with Crippen LogP contribution in [0.15, 0.2) is 18.2 Å². The zero-order valence-electron chi connectivity index (χ0n) is 9.21. The quantitative estimate of drug-likeness (QED) is 0.861. The summed E-state index contributed by atoms with van der Waals surface area (Å²) in [5, 5.41) is 2.56. The Morgan fingerprint density at radius 1 is 1.33 bits per heavy atom. The van der Waals surface area contributed by atoms with Crippen molar-refractivity contribution in [2.45, 2.75) is 19.1 Å². The van der Waals surface area contributed by atoms with Crippen LogP contribution in [0.5, 0.6) is 11.5 Å². The summed E-state index contributed by atoms with van der Waals surface area (Å²) in [5.74, 6) is -0.00369. The van der Waals surface area contributed by atoms with Crippen molar-refractivity contribution >= 4 is 23.2 Å². The molecule has 98 valence electrons. The minimum absolute atomic E-state index is 0.0567. The lowest BCUT2D eigenvalue weighted by atomic mass is 10.2. The van der Waals surface area contributed by atoms with Gasteiger partial charge in [0, 0.05) is 24.1 Å². The van der Waals surface area contributed by atoms with Crippen LogP contribution in [0.2, 0.25) is 0 Å². The first-order chi connectivity index (χ1) is 8.50. The molecule has 1 aromatic rings. The minimum atomic E-state index is -3.65. The molecule has 0 saturated carbocycles. The van der Waals surface area contributed by atoms with Crippen molar-refractivity contribution in [1.82, 2.24) is 0 Å². The average Bonchev–Trinajstić information content (AvgIpc) is 2.59. The predicted molar refractivity (Wildman–Crippen MR) is 61.2 cm³/mol. The molecule has 1 amide bonds. The van der Waals surface area contributed by atoms with E-state index in [0.29, 0.717) is 18.0 Å². The number of fused-ring (bicyclic) bond motifs is 1. The minimum Gasteiger partial charge on any atom is -0.395 e. The first-order valence-electron chi connectivity index (χ1n) is 5.26. The van der Waals surface area contributed by atoms with Gasteiger partial charge in [0.2, 0.25) is 5.91 Å². The van der Waals surface area contributed by atoms with Crippen molar-refractivity contribution in [2.75, 3.05) is 11.2 Å². The van der Waals surface area contributed by atoms with E-state index in [2.05, 4.69) is 14.8 Å². The second-order valence-corrected chi connectivity index (χ2v) is 4.05. The summed E-state index contributed by atoms with van der Waals surface area (Å²) in [7, 11) is 0. The number of halogens is 3. The van der Waals surface area contributed by atoms with Gasteiger partial charge in [-0.25, -0.2) is 0 Å². The number of rotatable bonds is 4. The fourth-order valence-electron chi connectivity index (χ4n) is 1.48. The molecule has 0 aliphatic carbocycles. The maximum atomic E-state index is 12.8. The molecule has 18 heavy (non-hydrogen) atoms. The first kappa shape index (κ1) is 12.9. The molecule has 0 spiro atoms. The maximum absolute atomic E-state index is 12.8. The van der Waals surface area contributed by atoms with E-state index in [1.807, 2.05) is 0 Å². The van der Waals surface area contributed by atoms with Crippen LogP contribution in [0, 0.1) is 0 Å². The predicted octanol–water partition coefficient (Wildman–Crippen LogP) is 2.97. The molecule has 0 aromatic heterocycles. The van der Waals surface area contributed by atoms with Gasteiger partial charge in [0.25, 0.3) is 0 Å². The molecule has 0 atom stereocenters. The summed E-state index contributed by atoms with van der Waals surface area (Å²) < 4.78 is 34.0. The molecule has 1 heterocycles. The van der Waals surface area contributed by atoms with E-state index in [9.17, 15) is 13.6 Å². The van der Waals surface area contributed by atoms with Gasteiger partial charge in [0.15, 0.2) is 11.5 Å². The van der Waals surface area contributed by atoms with Crippen molar-refractivity contribution in [3.63, 3.8) is 0 Å². The van der Waals surface area contributed by atoms with Crippen LogP contribution in [0.25, 0.3) is 0 Å². The number of carbonyl (C=O) groups is 1. The number of anilines is 1. The number of hydrogen-bond donors (Lipinski definition) is 1. The molecule has 7 heteroatoms. The fourth-order valence-corrected chi connectivity index (χ4v) is 1.61.